The maximum Gasteiger partial charge on any atom is 0.238 e. The maximum absolute atomic E-state index is 12.9. The van der Waals surface area contributed by atoms with Gasteiger partial charge in [-0.3, -0.25) is 9.69 Å². The van der Waals surface area contributed by atoms with Gasteiger partial charge in [0, 0.05) is 37.6 Å². The summed E-state index contributed by atoms with van der Waals surface area (Å²) in [5.41, 5.74) is 2.98. The van der Waals surface area contributed by atoms with Gasteiger partial charge < -0.3 is 14.8 Å². The molecular formula is C24H30N2O3. The molecule has 2 aliphatic heterocycles. The molecule has 2 aromatic rings. The summed E-state index contributed by atoms with van der Waals surface area (Å²) in [5, 5.41) is 3.13. The Labute approximate surface area is 173 Å². The highest BCUT2D eigenvalue weighted by Gasteiger charge is 2.25. The van der Waals surface area contributed by atoms with E-state index in [1.54, 1.807) is 0 Å². The average molecular weight is 395 g/mol. The molecule has 1 amide bonds. The third-order valence-corrected chi connectivity index (χ3v) is 5.62. The molecule has 29 heavy (non-hydrogen) atoms. The highest BCUT2D eigenvalue weighted by molar-refractivity contribution is 5.96. The number of anilines is 1. The summed E-state index contributed by atoms with van der Waals surface area (Å²) in [6, 6.07) is 18.1. The van der Waals surface area contributed by atoms with Gasteiger partial charge in [0.15, 0.2) is 0 Å². The highest BCUT2D eigenvalue weighted by atomic mass is 16.5. The lowest BCUT2D eigenvalue weighted by atomic mass is 10.0. The van der Waals surface area contributed by atoms with Gasteiger partial charge in [0.2, 0.25) is 5.91 Å². The van der Waals surface area contributed by atoms with Crippen molar-refractivity contribution in [3.05, 3.63) is 54.6 Å². The second-order valence-electron chi connectivity index (χ2n) is 7.92. The Morgan fingerprint density at radius 3 is 2.14 bits per heavy atom. The molecule has 5 heteroatoms. The number of hydrogen-bond acceptors (Lipinski definition) is 4. The van der Waals surface area contributed by atoms with E-state index in [2.05, 4.69) is 22.3 Å². The van der Waals surface area contributed by atoms with Gasteiger partial charge in [0.05, 0.1) is 18.8 Å². The van der Waals surface area contributed by atoms with Crippen LogP contribution >= 0.6 is 0 Å². The first-order valence-electron chi connectivity index (χ1n) is 10.7. The molecule has 2 fully saturated rings. The fourth-order valence-corrected chi connectivity index (χ4v) is 4.21. The first-order chi connectivity index (χ1) is 14.3. The fraction of sp³-hybridized carbons (Fsp3) is 0.458. The number of ether oxygens (including phenoxy) is 2. The van der Waals surface area contributed by atoms with Crippen molar-refractivity contribution in [1.29, 1.82) is 0 Å². The van der Waals surface area contributed by atoms with Crippen molar-refractivity contribution in [2.45, 2.75) is 37.9 Å². The Hall–Kier alpha value is -2.21. The van der Waals surface area contributed by atoms with Gasteiger partial charge in [0.1, 0.15) is 0 Å². The monoisotopic (exact) mass is 394 g/mol. The molecule has 2 aromatic carbocycles. The van der Waals surface area contributed by atoms with Crippen LogP contribution in [0.1, 0.15) is 25.7 Å². The van der Waals surface area contributed by atoms with Crippen LogP contribution in [0.3, 0.4) is 0 Å². The minimum absolute atomic E-state index is 0.00405. The van der Waals surface area contributed by atoms with Crippen LogP contribution in [0.5, 0.6) is 0 Å². The predicted octanol–water partition coefficient (Wildman–Crippen LogP) is 3.95. The summed E-state index contributed by atoms with van der Waals surface area (Å²) >= 11 is 0. The van der Waals surface area contributed by atoms with E-state index < -0.39 is 0 Å². The van der Waals surface area contributed by atoms with Crippen molar-refractivity contribution in [3.63, 3.8) is 0 Å². The minimum atomic E-state index is 0.00405. The average Bonchev–Trinajstić information content (AvgIpc) is 3.43. The molecule has 2 aliphatic rings. The molecule has 154 valence electrons. The molecule has 0 saturated carbocycles. The van der Waals surface area contributed by atoms with Gasteiger partial charge in [-0.25, -0.2) is 0 Å². The molecule has 0 aromatic heterocycles. The second kappa shape index (κ2) is 10.0. The van der Waals surface area contributed by atoms with Crippen molar-refractivity contribution in [1.82, 2.24) is 4.90 Å². The Kier molecular flexibility index (Phi) is 6.93. The van der Waals surface area contributed by atoms with Crippen LogP contribution in [-0.2, 0) is 14.3 Å². The van der Waals surface area contributed by atoms with E-state index in [0.717, 1.165) is 68.8 Å². The minimum Gasteiger partial charge on any atom is -0.377 e. The van der Waals surface area contributed by atoms with Gasteiger partial charge in [0.25, 0.3) is 0 Å². The number of amides is 1. The van der Waals surface area contributed by atoms with Gasteiger partial charge in [-0.2, -0.15) is 0 Å². The van der Waals surface area contributed by atoms with Crippen LogP contribution in [0.4, 0.5) is 5.69 Å². The SMILES string of the molecule is O=C(CN(C[C@H]1CCCO1)C[C@@H]1CCCO1)Nc1ccccc1-c1ccccc1. The van der Waals surface area contributed by atoms with E-state index in [4.69, 9.17) is 9.47 Å². The number of carbonyl (C=O) groups excluding carboxylic acids is 1. The molecule has 2 heterocycles. The Bertz CT molecular complexity index is 766. The Balaban J connectivity index is 1.42. The molecule has 1 N–H and O–H groups in total. The normalized spacial score (nSPS) is 21.6. The highest BCUT2D eigenvalue weighted by Crippen LogP contribution is 2.27. The molecule has 5 nitrogen and oxygen atoms in total. The molecule has 4 rings (SSSR count). The van der Waals surface area contributed by atoms with Gasteiger partial charge in [-0.1, -0.05) is 48.5 Å². The first kappa shape index (κ1) is 20.1. The first-order valence-corrected chi connectivity index (χ1v) is 10.7. The zero-order valence-corrected chi connectivity index (χ0v) is 16.9. The summed E-state index contributed by atoms with van der Waals surface area (Å²) < 4.78 is 11.6. The summed E-state index contributed by atoms with van der Waals surface area (Å²) in [7, 11) is 0. The molecule has 2 atom stereocenters. The lowest BCUT2D eigenvalue weighted by Crippen LogP contribution is -2.42. The lowest BCUT2D eigenvalue weighted by Gasteiger charge is -2.27. The van der Waals surface area contributed by atoms with E-state index in [1.165, 1.54) is 0 Å². The van der Waals surface area contributed by atoms with E-state index in [0.29, 0.717) is 6.54 Å². The summed E-state index contributed by atoms with van der Waals surface area (Å²) in [6.45, 7) is 3.58. The largest absolute Gasteiger partial charge is 0.377 e. The standard InChI is InChI=1S/C24H30N2O3/c27-24(25-23-13-5-4-12-22(23)19-8-2-1-3-9-19)18-26(16-20-10-6-14-28-20)17-21-11-7-15-29-21/h1-5,8-9,12-13,20-21H,6-7,10-11,14-18H2,(H,25,27)/t20-,21+. The number of benzene rings is 2. The predicted molar refractivity (Wildman–Crippen MR) is 115 cm³/mol. The van der Waals surface area contributed by atoms with Crippen LogP contribution < -0.4 is 5.32 Å². The quantitative estimate of drug-likeness (QED) is 0.737. The van der Waals surface area contributed by atoms with E-state index in [-0.39, 0.29) is 18.1 Å². The Morgan fingerprint density at radius 1 is 0.897 bits per heavy atom. The number of hydrogen-bond donors (Lipinski definition) is 1. The third kappa shape index (κ3) is 5.66. The van der Waals surface area contributed by atoms with Crippen LogP contribution in [-0.4, -0.2) is 55.9 Å². The van der Waals surface area contributed by atoms with Crippen molar-refractivity contribution in [2.75, 3.05) is 38.2 Å². The lowest BCUT2D eigenvalue weighted by molar-refractivity contribution is -0.118. The number of nitrogens with zero attached hydrogens (tertiary/aromatic N) is 1. The van der Waals surface area contributed by atoms with Crippen LogP contribution in [0.25, 0.3) is 11.1 Å². The molecular weight excluding hydrogens is 364 g/mol. The number of rotatable bonds is 8. The molecule has 0 radical (unpaired) electrons. The maximum atomic E-state index is 12.9. The van der Waals surface area contributed by atoms with E-state index >= 15 is 0 Å². The topological polar surface area (TPSA) is 50.8 Å². The number of nitrogens with one attached hydrogen (secondary N) is 1. The Morgan fingerprint density at radius 2 is 1.52 bits per heavy atom. The third-order valence-electron chi connectivity index (χ3n) is 5.62. The van der Waals surface area contributed by atoms with E-state index in [9.17, 15) is 4.79 Å². The molecule has 0 spiro atoms. The molecule has 2 saturated heterocycles. The van der Waals surface area contributed by atoms with Crippen LogP contribution in [0.2, 0.25) is 0 Å². The summed E-state index contributed by atoms with van der Waals surface area (Å²) in [5.74, 6) is 0.00405. The van der Waals surface area contributed by atoms with Gasteiger partial charge in [-0.15, -0.1) is 0 Å². The summed E-state index contributed by atoms with van der Waals surface area (Å²) in [4.78, 5) is 15.1. The fourth-order valence-electron chi connectivity index (χ4n) is 4.21. The van der Waals surface area contributed by atoms with Crippen molar-refractivity contribution in [3.8, 4) is 11.1 Å². The molecule has 0 aliphatic carbocycles. The van der Waals surface area contributed by atoms with Crippen LogP contribution in [0.15, 0.2) is 54.6 Å². The zero-order chi connectivity index (χ0) is 19.9. The number of para-hydroxylation sites is 1. The van der Waals surface area contributed by atoms with E-state index in [1.807, 2.05) is 42.5 Å². The molecule has 0 bridgehead atoms. The van der Waals surface area contributed by atoms with Gasteiger partial charge >= 0.3 is 0 Å². The zero-order valence-electron chi connectivity index (χ0n) is 16.9. The van der Waals surface area contributed by atoms with Gasteiger partial charge in [-0.05, 0) is 37.3 Å². The van der Waals surface area contributed by atoms with Crippen molar-refractivity contribution >= 4 is 11.6 Å². The second-order valence-corrected chi connectivity index (χ2v) is 7.92. The number of carbonyl (C=O) groups is 1. The smallest absolute Gasteiger partial charge is 0.238 e. The summed E-state index contributed by atoms with van der Waals surface area (Å²) in [6.07, 6.45) is 4.80. The van der Waals surface area contributed by atoms with Crippen LogP contribution in [0, 0.1) is 0 Å². The van der Waals surface area contributed by atoms with Crippen molar-refractivity contribution < 1.29 is 14.3 Å². The molecule has 0 unspecified atom stereocenters. The van der Waals surface area contributed by atoms with Crippen molar-refractivity contribution in [2.24, 2.45) is 0 Å².